The number of rotatable bonds is 13. The molecule has 0 aliphatic rings. The van der Waals surface area contributed by atoms with Crippen LogP contribution in [0.3, 0.4) is 0 Å². The van der Waals surface area contributed by atoms with Crippen molar-refractivity contribution >= 4 is 5.97 Å². The van der Waals surface area contributed by atoms with E-state index in [4.69, 9.17) is 0 Å². The summed E-state index contributed by atoms with van der Waals surface area (Å²) >= 11 is 0. The molecule has 0 bridgehead atoms. The largest absolute Gasteiger partial charge is 0.493 e. The Kier molecular flexibility index (Phi) is 11.0. The predicted molar refractivity (Wildman–Crippen MR) is 81.0 cm³/mol. The van der Waals surface area contributed by atoms with Crippen molar-refractivity contribution in [2.45, 2.75) is 66.9 Å². The van der Waals surface area contributed by atoms with Gasteiger partial charge in [-0.25, -0.2) is 14.3 Å². The molecule has 0 spiro atoms. The molecule has 44 heavy (non-hydrogen) atoms. The molecule has 0 N–H and O–H groups in total. The highest BCUT2D eigenvalue weighted by Gasteiger charge is 2.86. The van der Waals surface area contributed by atoms with E-state index in [1.807, 2.05) is 0 Å². The van der Waals surface area contributed by atoms with E-state index < -0.39 is 79.5 Å². The number of carbonyl (C=O) groups excluding carboxylic acids is 1. The minimum Gasteiger partial charge on any atom is -0.456 e. The quantitative estimate of drug-likeness (QED) is 0.0860. The van der Waals surface area contributed by atoms with E-state index >= 15 is 0 Å². The summed E-state index contributed by atoms with van der Waals surface area (Å²) in [6, 6.07) is 0. The molecule has 0 saturated heterocycles. The van der Waals surface area contributed by atoms with Crippen molar-refractivity contribution in [2.75, 3.05) is 6.61 Å². The third kappa shape index (κ3) is 8.37. The Bertz CT molecular complexity index is 1030. The molecular formula is C15H5F23O6. The molecule has 0 aliphatic heterocycles. The van der Waals surface area contributed by atoms with Gasteiger partial charge in [0.25, 0.3) is 0 Å². The highest BCUT2D eigenvalue weighted by atomic mass is 19.4. The van der Waals surface area contributed by atoms with Gasteiger partial charge in [0.15, 0.2) is 6.61 Å². The maximum Gasteiger partial charge on any atom is 0.493 e. The van der Waals surface area contributed by atoms with Gasteiger partial charge in [-0.1, -0.05) is 6.58 Å². The van der Waals surface area contributed by atoms with Crippen molar-refractivity contribution in [1.29, 1.82) is 0 Å². The highest BCUT2D eigenvalue weighted by Crippen LogP contribution is 2.58. The third-order valence-corrected chi connectivity index (χ3v) is 3.86. The van der Waals surface area contributed by atoms with Crippen LogP contribution < -0.4 is 0 Å². The monoisotopic (exact) mass is 718 g/mol. The van der Waals surface area contributed by atoms with E-state index in [9.17, 15) is 106 Å². The number of carbonyl (C=O) groups is 1. The normalized spacial score (nSPS) is 19.1. The van der Waals surface area contributed by atoms with Gasteiger partial charge in [0, 0.05) is 6.08 Å². The first-order valence-corrected chi connectivity index (χ1v) is 9.23. The van der Waals surface area contributed by atoms with Gasteiger partial charge >= 0.3 is 72.9 Å². The van der Waals surface area contributed by atoms with Crippen LogP contribution in [-0.4, -0.2) is 79.5 Å². The molecule has 0 saturated carbocycles. The molecule has 0 rings (SSSR count). The number of alkyl halides is 23. The lowest BCUT2D eigenvalue weighted by atomic mass is 10.2. The Balaban J connectivity index is 7.08. The number of ether oxygens (including phenoxy) is 5. The first-order chi connectivity index (χ1) is 18.8. The zero-order chi connectivity index (χ0) is 36.0. The van der Waals surface area contributed by atoms with Crippen molar-refractivity contribution in [3.05, 3.63) is 12.7 Å². The zero-order valence-corrected chi connectivity index (χ0v) is 19.1. The molecule has 0 aromatic rings. The van der Waals surface area contributed by atoms with E-state index in [1.165, 1.54) is 14.2 Å². The Morgan fingerprint density at radius 2 is 0.841 bits per heavy atom. The first-order valence-electron chi connectivity index (χ1n) is 9.23. The van der Waals surface area contributed by atoms with Gasteiger partial charge in [-0.05, 0) is 0 Å². The van der Waals surface area contributed by atoms with Gasteiger partial charge in [-0.15, -0.1) is 8.78 Å². The maximum absolute atomic E-state index is 14.3. The fourth-order valence-corrected chi connectivity index (χ4v) is 1.86. The summed E-state index contributed by atoms with van der Waals surface area (Å²) < 4.78 is 310. The lowest BCUT2D eigenvalue weighted by molar-refractivity contribution is -0.599. The SMILES string of the molecule is C=CC(=O)OCC(F)(OC(F)(F)C(F)(OC(F)(F)C(F)(OC(F)(F)OC(F)(F)C(F)(F)F)C(F)(F)F)C(F)(F)F)C(F)(F)F. The molecule has 0 amide bonds. The standard InChI is InChI=1S/C15H5F23O6/c1-2-4(39)40-3-5(16,8(19,20)21)41-12(31,32)6(17,9(22,23)24)42-13(33,34)7(18,10(25,26)27)43-15(37,38)44-14(35,36)11(28,29)30/h2H,1,3H2. The fourth-order valence-electron chi connectivity index (χ4n) is 1.86. The number of hydrogen-bond acceptors (Lipinski definition) is 6. The highest BCUT2D eigenvalue weighted by molar-refractivity contribution is 5.81. The van der Waals surface area contributed by atoms with Gasteiger partial charge in [-0.3, -0.25) is 9.47 Å². The molecule has 0 aromatic carbocycles. The van der Waals surface area contributed by atoms with Gasteiger partial charge in [-0.2, -0.15) is 92.2 Å². The molecular weight excluding hydrogens is 713 g/mol. The van der Waals surface area contributed by atoms with Crippen LogP contribution in [0.1, 0.15) is 0 Å². The second-order valence-electron chi connectivity index (χ2n) is 7.14. The molecule has 29 heteroatoms. The number of hydrogen-bond donors (Lipinski definition) is 0. The van der Waals surface area contributed by atoms with E-state index in [0.717, 1.165) is 0 Å². The van der Waals surface area contributed by atoms with Crippen molar-refractivity contribution in [3.63, 3.8) is 0 Å². The first kappa shape index (κ1) is 41.4. The van der Waals surface area contributed by atoms with E-state index in [-0.39, 0.29) is 6.08 Å². The van der Waals surface area contributed by atoms with Crippen LogP contribution in [-0.2, 0) is 28.5 Å². The van der Waals surface area contributed by atoms with Crippen LogP contribution in [0.4, 0.5) is 101 Å². The Hall–Kier alpha value is -2.56. The van der Waals surface area contributed by atoms with Crippen molar-refractivity contribution in [3.8, 4) is 0 Å². The van der Waals surface area contributed by atoms with Crippen molar-refractivity contribution < 1.29 is 129 Å². The smallest absolute Gasteiger partial charge is 0.456 e. The van der Waals surface area contributed by atoms with E-state index in [2.05, 4.69) is 11.3 Å². The van der Waals surface area contributed by atoms with Crippen LogP contribution in [0.15, 0.2) is 12.7 Å². The average molecular weight is 718 g/mol. The summed E-state index contributed by atoms with van der Waals surface area (Å²) in [7, 11) is 0. The zero-order valence-electron chi connectivity index (χ0n) is 19.1. The van der Waals surface area contributed by atoms with E-state index in [1.54, 1.807) is 4.74 Å². The molecule has 0 fully saturated rings. The molecule has 0 aliphatic carbocycles. The van der Waals surface area contributed by atoms with Crippen LogP contribution in [0.2, 0.25) is 0 Å². The topological polar surface area (TPSA) is 63.2 Å². The Labute approximate surface area is 223 Å². The molecule has 3 atom stereocenters. The van der Waals surface area contributed by atoms with Crippen molar-refractivity contribution in [2.24, 2.45) is 0 Å². The Morgan fingerprint density at radius 1 is 0.477 bits per heavy atom. The maximum atomic E-state index is 14.3. The summed E-state index contributed by atoms with van der Waals surface area (Å²) in [5.41, 5.74) is 0. The number of halogens is 23. The summed E-state index contributed by atoms with van der Waals surface area (Å²) in [5.74, 6) is -26.0. The second-order valence-corrected chi connectivity index (χ2v) is 7.14. The summed E-state index contributed by atoms with van der Waals surface area (Å²) in [6.45, 7) is -1.00. The van der Waals surface area contributed by atoms with Gasteiger partial charge in [0.05, 0.1) is 0 Å². The molecule has 0 aromatic heterocycles. The van der Waals surface area contributed by atoms with Gasteiger partial charge in [0.2, 0.25) is 0 Å². The molecule has 262 valence electrons. The number of esters is 1. The van der Waals surface area contributed by atoms with Crippen LogP contribution in [0, 0.1) is 0 Å². The van der Waals surface area contributed by atoms with Gasteiger partial charge < -0.3 is 4.74 Å². The molecule has 3 unspecified atom stereocenters. The lowest BCUT2D eigenvalue weighted by Crippen LogP contribution is -2.69. The molecule has 0 radical (unpaired) electrons. The Morgan fingerprint density at radius 3 is 1.16 bits per heavy atom. The average Bonchev–Trinajstić information content (AvgIpc) is 2.72. The molecule has 0 heterocycles. The van der Waals surface area contributed by atoms with Crippen LogP contribution in [0.25, 0.3) is 0 Å². The molecule has 6 nitrogen and oxygen atoms in total. The third-order valence-electron chi connectivity index (χ3n) is 3.86. The van der Waals surface area contributed by atoms with Crippen molar-refractivity contribution in [1.82, 2.24) is 0 Å². The van der Waals surface area contributed by atoms with Gasteiger partial charge in [0.1, 0.15) is 0 Å². The second kappa shape index (κ2) is 11.7. The minimum atomic E-state index is -8.62. The lowest BCUT2D eigenvalue weighted by Gasteiger charge is -2.42. The fraction of sp³-hybridized carbons (Fsp3) is 0.800. The summed E-state index contributed by atoms with van der Waals surface area (Å²) in [5, 5.41) is 0. The summed E-state index contributed by atoms with van der Waals surface area (Å²) in [6.07, 6.45) is -63.6. The predicted octanol–water partition coefficient (Wildman–Crippen LogP) is 7.36. The van der Waals surface area contributed by atoms with E-state index in [0.29, 0.717) is 0 Å². The summed E-state index contributed by atoms with van der Waals surface area (Å²) in [4.78, 5) is 10.7. The van der Waals surface area contributed by atoms with Crippen LogP contribution in [0.5, 0.6) is 0 Å². The van der Waals surface area contributed by atoms with Crippen LogP contribution >= 0.6 is 0 Å². The minimum absolute atomic E-state index is 0.212.